The van der Waals surface area contributed by atoms with Gasteiger partial charge < -0.3 is 10.6 Å². The number of hydrogen-bond donors (Lipinski definition) is 1. The minimum Gasteiger partial charge on any atom is -0.397 e. The topological polar surface area (TPSA) is 42.2 Å². The molecule has 0 saturated carbocycles. The summed E-state index contributed by atoms with van der Waals surface area (Å²) in [7, 11) is 2.06. The first-order chi connectivity index (χ1) is 8.66. The zero-order valence-electron chi connectivity index (χ0n) is 10.3. The highest BCUT2D eigenvalue weighted by Crippen LogP contribution is 2.24. The predicted molar refractivity (Wildman–Crippen MR) is 84.8 cm³/mol. The monoisotopic (exact) mass is 353 g/mol. The Bertz CT molecular complexity index is 514. The smallest absolute Gasteiger partial charge is 0.0598 e. The van der Waals surface area contributed by atoms with E-state index < -0.39 is 0 Å². The third-order valence-corrected chi connectivity index (χ3v) is 3.50. The van der Waals surface area contributed by atoms with E-state index in [4.69, 9.17) is 5.73 Å². The van der Waals surface area contributed by atoms with Gasteiger partial charge in [-0.05, 0) is 52.9 Å². The molecule has 0 bridgehead atoms. The van der Waals surface area contributed by atoms with Crippen LogP contribution in [0.5, 0.6) is 0 Å². The summed E-state index contributed by atoms with van der Waals surface area (Å²) in [4.78, 5) is 6.49. The highest BCUT2D eigenvalue weighted by molar-refractivity contribution is 14.1. The van der Waals surface area contributed by atoms with E-state index >= 15 is 0 Å². The van der Waals surface area contributed by atoms with Crippen molar-refractivity contribution in [2.24, 2.45) is 0 Å². The van der Waals surface area contributed by atoms with E-state index in [-0.39, 0.29) is 0 Å². The maximum atomic E-state index is 6.03. The van der Waals surface area contributed by atoms with E-state index in [0.29, 0.717) is 0 Å². The number of anilines is 2. The van der Waals surface area contributed by atoms with E-state index in [0.717, 1.165) is 33.6 Å². The van der Waals surface area contributed by atoms with Crippen molar-refractivity contribution in [2.75, 3.05) is 24.2 Å². The third-order valence-electron chi connectivity index (χ3n) is 2.83. The van der Waals surface area contributed by atoms with Crippen LogP contribution in [0, 0.1) is 3.57 Å². The maximum absolute atomic E-state index is 6.03. The summed E-state index contributed by atoms with van der Waals surface area (Å²) < 4.78 is 1.16. The fraction of sp³-hybridized carbons (Fsp3) is 0.214. The summed E-state index contributed by atoms with van der Waals surface area (Å²) in [6, 6.07) is 12.1. The zero-order chi connectivity index (χ0) is 13.0. The molecule has 4 heteroatoms. The fourth-order valence-corrected chi connectivity index (χ4v) is 2.34. The molecule has 18 heavy (non-hydrogen) atoms. The first kappa shape index (κ1) is 13.1. The first-order valence-corrected chi connectivity index (χ1v) is 6.91. The Morgan fingerprint density at radius 1 is 1.28 bits per heavy atom. The number of likely N-dealkylation sites (N-methyl/N-ethyl adjacent to an activating group) is 1. The van der Waals surface area contributed by atoms with Crippen molar-refractivity contribution in [3.8, 4) is 0 Å². The van der Waals surface area contributed by atoms with Crippen LogP contribution in [0.15, 0.2) is 42.6 Å². The average Bonchev–Trinajstić information content (AvgIpc) is 2.37. The Labute approximate surface area is 121 Å². The standard InChI is InChI=1S/C14H16IN3/c1-18(9-7-12-4-2-3-8-17-12)14-6-5-11(15)10-13(14)16/h2-6,8,10H,7,9,16H2,1H3. The molecule has 2 rings (SSSR count). The molecule has 0 spiro atoms. The van der Waals surface area contributed by atoms with E-state index in [2.05, 4.69) is 51.7 Å². The molecule has 0 aliphatic carbocycles. The number of hydrogen-bond acceptors (Lipinski definition) is 3. The predicted octanol–water partition coefficient (Wildman–Crippen LogP) is 2.95. The highest BCUT2D eigenvalue weighted by atomic mass is 127. The van der Waals surface area contributed by atoms with Crippen LogP contribution >= 0.6 is 22.6 Å². The lowest BCUT2D eigenvalue weighted by atomic mass is 10.2. The Morgan fingerprint density at radius 2 is 2.11 bits per heavy atom. The molecule has 0 aliphatic heterocycles. The van der Waals surface area contributed by atoms with E-state index in [1.165, 1.54) is 0 Å². The lowest BCUT2D eigenvalue weighted by Gasteiger charge is -2.21. The van der Waals surface area contributed by atoms with E-state index in [1.807, 2.05) is 30.5 Å². The van der Waals surface area contributed by atoms with Crippen LogP contribution in [0.4, 0.5) is 11.4 Å². The summed E-state index contributed by atoms with van der Waals surface area (Å²) in [5, 5.41) is 0. The molecule has 0 amide bonds. The van der Waals surface area contributed by atoms with Gasteiger partial charge in [0.15, 0.2) is 0 Å². The Balaban J connectivity index is 2.01. The summed E-state index contributed by atoms with van der Waals surface area (Å²) in [5.41, 5.74) is 9.03. The van der Waals surface area contributed by atoms with Gasteiger partial charge in [0.25, 0.3) is 0 Å². The molecular formula is C14H16IN3. The molecule has 2 aromatic rings. The van der Waals surface area contributed by atoms with Crippen LogP contribution in [0.1, 0.15) is 5.69 Å². The molecule has 2 N–H and O–H groups in total. The second kappa shape index (κ2) is 6.04. The van der Waals surface area contributed by atoms with Crippen molar-refractivity contribution in [2.45, 2.75) is 6.42 Å². The number of aromatic nitrogens is 1. The van der Waals surface area contributed by atoms with Crippen LogP contribution in [0.25, 0.3) is 0 Å². The van der Waals surface area contributed by atoms with Crippen LogP contribution < -0.4 is 10.6 Å². The van der Waals surface area contributed by atoms with Gasteiger partial charge in [0.1, 0.15) is 0 Å². The second-order valence-electron chi connectivity index (χ2n) is 4.20. The Hall–Kier alpha value is -1.30. The molecule has 94 valence electrons. The van der Waals surface area contributed by atoms with Crippen molar-refractivity contribution in [1.29, 1.82) is 0 Å². The molecule has 0 saturated heterocycles. The van der Waals surface area contributed by atoms with Gasteiger partial charge in [0.05, 0.1) is 11.4 Å². The minimum atomic E-state index is 0.824. The number of nitrogens with zero attached hydrogens (tertiary/aromatic N) is 2. The van der Waals surface area contributed by atoms with Crippen molar-refractivity contribution >= 4 is 34.0 Å². The van der Waals surface area contributed by atoms with Gasteiger partial charge in [-0.25, -0.2) is 0 Å². The molecule has 0 fully saturated rings. The van der Waals surface area contributed by atoms with Crippen molar-refractivity contribution in [3.05, 3.63) is 51.9 Å². The van der Waals surface area contributed by atoms with Gasteiger partial charge in [-0.2, -0.15) is 0 Å². The van der Waals surface area contributed by atoms with E-state index in [1.54, 1.807) is 0 Å². The zero-order valence-corrected chi connectivity index (χ0v) is 12.5. The number of nitrogens with two attached hydrogens (primary N) is 1. The second-order valence-corrected chi connectivity index (χ2v) is 5.44. The summed E-state index contributed by atoms with van der Waals surface area (Å²) >= 11 is 2.27. The van der Waals surface area contributed by atoms with E-state index in [9.17, 15) is 0 Å². The molecule has 0 aliphatic rings. The molecule has 1 heterocycles. The number of rotatable bonds is 4. The molecule has 0 unspecified atom stereocenters. The summed E-state index contributed by atoms with van der Waals surface area (Å²) in [6.07, 6.45) is 2.75. The van der Waals surface area contributed by atoms with Crippen LogP contribution in [0.2, 0.25) is 0 Å². The van der Waals surface area contributed by atoms with Crippen LogP contribution in [-0.4, -0.2) is 18.6 Å². The molecule has 1 aromatic carbocycles. The number of pyridine rings is 1. The molecular weight excluding hydrogens is 337 g/mol. The Kier molecular flexibility index (Phi) is 4.41. The maximum Gasteiger partial charge on any atom is 0.0598 e. The van der Waals surface area contributed by atoms with Crippen LogP contribution in [-0.2, 0) is 6.42 Å². The average molecular weight is 353 g/mol. The summed E-state index contributed by atoms with van der Waals surface area (Å²) in [6.45, 7) is 0.905. The minimum absolute atomic E-state index is 0.824. The van der Waals surface area contributed by atoms with Gasteiger partial charge in [0.2, 0.25) is 0 Å². The lowest BCUT2D eigenvalue weighted by molar-refractivity contribution is 0.853. The third kappa shape index (κ3) is 3.35. The van der Waals surface area contributed by atoms with Crippen molar-refractivity contribution in [3.63, 3.8) is 0 Å². The molecule has 3 nitrogen and oxygen atoms in total. The first-order valence-electron chi connectivity index (χ1n) is 5.83. The normalized spacial score (nSPS) is 10.3. The Morgan fingerprint density at radius 3 is 2.78 bits per heavy atom. The fourth-order valence-electron chi connectivity index (χ4n) is 1.82. The lowest BCUT2D eigenvalue weighted by Crippen LogP contribution is -2.21. The SMILES string of the molecule is CN(CCc1ccccn1)c1ccc(I)cc1N. The number of nitrogen functional groups attached to an aromatic ring is 1. The quantitative estimate of drug-likeness (QED) is 0.679. The van der Waals surface area contributed by atoms with Gasteiger partial charge >= 0.3 is 0 Å². The van der Waals surface area contributed by atoms with Gasteiger partial charge in [-0.1, -0.05) is 6.07 Å². The number of halogens is 1. The van der Waals surface area contributed by atoms with Gasteiger partial charge in [-0.3, -0.25) is 4.98 Å². The molecule has 0 atom stereocenters. The van der Waals surface area contributed by atoms with Gasteiger partial charge in [0, 0.05) is 35.5 Å². The highest BCUT2D eigenvalue weighted by Gasteiger charge is 2.06. The summed E-state index contributed by atoms with van der Waals surface area (Å²) in [5.74, 6) is 0. The van der Waals surface area contributed by atoms with Crippen LogP contribution in [0.3, 0.4) is 0 Å². The largest absolute Gasteiger partial charge is 0.397 e. The van der Waals surface area contributed by atoms with Crippen molar-refractivity contribution < 1.29 is 0 Å². The molecule has 0 radical (unpaired) electrons. The number of benzene rings is 1. The molecule has 1 aromatic heterocycles. The van der Waals surface area contributed by atoms with Crippen molar-refractivity contribution in [1.82, 2.24) is 4.98 Å². The van der Waals surface area contributed by atoms with Gasteiger partial charge in [-0.15, -0.1) is 0 Å².